The Morgan fingerprint density at radius 2 is 1.73 bits per heavy atom. The summed E-state index contributed by atoms with van der Waals surface area (Å²) >= 11 is 12.1. The molecule has 0 spiro atoms. The standard InChI is InChI=1S/C18H22Cl2N2O3S/c1-4-25-14-6-8-15(9-7-14)26(23,24)21-18(12-22(2)3)13-5-10-16(19)17(20)11-13/h5-11,18,21H,4,12H2,1-3H3/t18-/m0/s1. The summed E-state index contributed by atoms with van der Waals surface area (Å²) in [5.41, 5.74) is 0.739. The van der Waals surface area contributed by atoms with E-state index in [2.05, 4.69) is 4.72 Å². The quantitative estimate of drug-likeness (QED) is 0.706. The fraction of sp³-hybridized carbons (Fsp3) is 0.333. The minimum absolute atomic E-state index is 0.171. The molecule has 1 N–H and O–H groups in total. The molecule has 1 atom stereocenters. The third kappa shape index (κ3) is 5.59. The van der Waals surface area contributed by atoms with Gasteiger partial charge in [0.15, 0.2) is 0 Å². The average Bonchev–Trinajstić information content (AvgIpc) is 2.57. The van der Waals surface area contributed by atoms with Crippen LogP contribution in [0.25, 0.3) is 0 Å². The maximum atomic E-state index is 12.8. The number of likely N-dealkylation sites (N-methyl/N-ethyl adjacent to an activating group) is 1. The van der Waals surface area contributed by atoms with Crippen molar-refractivity contribution < 1.29 is 13.2 Å². The summed E-state index contributed by atoms with van der Waals surface area (Å²) in [6, 6.07) is 11.0. The molecule has 26 heavy (non-hydrogen) atoms. The van der Waals surface area contributed by atoms with Gasteiger partial charge in [0.2, 0.25) is 10.0 Å². The zero-order chi connectivity index (χ0) is 19.3. The van der Waals surface area contributed by atoms with E-state index in [1.54, 1.807) is 30.3 Å². The van der Waals surface area contributed by atoms with Crippen LogP contribution in [0.3, 0.4) is 0 Å². The van der Waals surface area contributed by atoms with E-state index in [0.717, 1.165) is 5.56 Å². The predicted molar refractivity (Wildman–Crippen MR) is 106 cm³/mol. The van der Waals surface area contributed by atoms with E-state index in [0.29, 0.717) is 28.9 Å². The van der Waals surface area contributed by atoms with Crippen molar-refractivity contribution in [3.63, 3.8) is 0 Å². The van der Waals surface area contributed by atoms with Crippen LogP contribution in [0.5, 0.6) is 5.75 Å². The van der Waals surface area contributed by atoms with Crippen molar-refractivity contribution in [1.82, 2.24) is 9.62 Å². The van der Waals surface area contributed by atoms with Gasteiger partial charge in [-0.3, -0.25) is 0 Å². The number of nitrogens with zero attached hydrogens (tertiary/aromatic N) is 1. The molecule has 142 valence electrons. The number of rotatable bonds is 8. The monoisotopic (exact) mass is 416 g/mol. The molecule has 2 aromatic carbocycles. The highest BCUT2D eigenvalue weighted by atomic mass is 35.5. The molecule has 0 saturated heterocycles. The largest absolute Gasteiger partial charge is 0.494 e. The van der Waals surface area contributed by atoms with Crippen LogP contribution < -0.4 is 9.46 Å². The Balaban J connectivity index is 2.29. The van der Waals surface area contributed by atoms with Gasteiger partial charge in [-0.25, -0.2) is 13.1 Å². The zero-order valence-electron chi connectivity index (χ0n) is 14.9. The molecule has 0 amide bonds. The molecule has 5 nitrogen and oxygen atoms in total. The number of ether oxygens (including phenoxy) is 1. The summed E-state index contributed by atoms with van der Waals surface area (Å²) in [6.45, 7) is 2.86. The topological polar surface area (TPSA) is 58.6 Å². The number of hydrogen-bond acceptors (Lipinski definition) is 4. The summed E-state index contributed by atoms with van der Waals surface area (Å²) in [5.74, 6) is 0.626. The number of sulfonamides is 1. The minimum atomic E-state index is -3.72. The first-order chi connectivity index (χ1) is 12.2. The first-order valence-corrected chi connectivity index (χ1v) is 10.3. The van der Waals surface area contributed by atoms with Gasteiger partial charge in [-0.05, 0) is 63.0 Å². The molecule has 0 fully saturated rings. The van der Waals surface area contributed by atoms with Crippen molar-refractivity contribution in [1.29, 1.82) is 0 Å². The van der Waals surface area contributed by atoms with Crippen LogP contribution in [-0.4, -0.2) is 40.6 Å². The van der Waals surface area contributed by atoms with Gasteiger partial charge in [-0.1, -0.05) is 29.3 Å². The van der Waals surface area contributed by atoms with Gasteiger partial charge < -0.3 is 9.64 Å². The van der Waals surface area contributed by atoms with E-state index in [1.165, 1.54) is 12.1 Å². The Morgan fingerprint density at radius 3 is 2.27 bits per heavy atom. The highest BCUT2D eigenvalue weighted by Gasteiger charge is 2.22. The second-order valence-electron chi connectivity index (χ2n) is 6.01. The molecule has 0 aliphatic carbocycles. The maximum Gasteiger partial charge on any atom is 0.241 e. The van der Waals surface area contributed by atoms with Crippen molar-refractivity contribution >= 4 is 33.2 Å². The molecule has 0 heterocycles. The average molecular weight is 417 g/mol. The van der Waals surface area contributed by atoms with Gasteiger partial charge in [0, 0.05) is 6.54 Å². The van der Waals surface area contributed by atoms with E-state index in [-0.39, 0.29) is 4.90 Å². The Bertz CT molecular complexity index is 840. The highest BCUT2D eigenvalue weighted by molar-refractivity contribution is 7.89. The molecule has 0 aromatic heterocycles. The second kappa shape index (κ2) is 9.06. The number of nitrogens with one attached hydrogen (secondary N) is 1. The van der Waals surface area contributed by atoms with Gasteiger partial charge in [0.25, 0.3) is 0 Å². The molecule has 2 aromatic rings. The fourth-order valence-corrected chi connectivity index (χ4v) is 3.96. The van der Waals surface area contributed by atoms with E-state index >= 15 is 0 Å². The first kappa shape index (κ1) is 21.0. The van der Waals surface area contributed by atoms with E-state index in [4.69, 9.17) is 27.9 Å². The number of halogens is 2. The van der Waals surface area contributed by atoms with E-state index in [9.17, 15) is 8.42 Å². The number of benzene rings is 2. The minimum Gasteiger partial charge on any atom is -0.494 e. The third-order valence-corrected chi connectivity index (χ3v) is 5.86. The SMILES string of the molecule is CCOc1ccc(S(=O)(=O)N[C@@H](CN(C)C)c2ccc(Cl)c(Cl)c2)cc1. The van der Waals surface area contributed by atoms with Gasteiger partial charge >= 0.3 is 0 Å². The van der Waals surface area contributed by atoms with E-state index in [1.807, 2.05) is 25.9 Å². The lowest BCUT2D eigenvalue weighted by Crippen LogP contribution is -2.35. The van der Waals surface area contributed by atoms with Crippen LogP contribution >= 0.6 is 23.2 Å². The molecule has 0 unspecified atom stereocenters. The Labute approximate surface area is 164 Å². The maximum absolute atomic E-state index is 12.8. The summed E-state index contributed by atoms with van der Waals surface area (Å²) in [7, 11) is 0.0252. The third-order valence-electron chi connectivity index (χ3n) is 3.64. The zero-order valence-corrected chi connectivity index (χ0v) is 17.2. The number of hydrogen-bond donors (Lipinski definition) is 1. The lowest BCUT2D eigenvalue weighted by molar-refractivity contribution is 0.340. The molecule has 0 aliphatic heterocycles. The Hall–Kier alpha value is -1.31. The molecule has 0 saturated carbocycles. The summed E-state index contributed by atoms with van der Waals surface area (Å²) < 4.78 is 33.7. The van der Waals surface area contributed by atoms with Crippen LogP contribution in [0.4, 0.5) is 0 Å². The fourth-order valence-electron chi connectivity index (χ4n) is 2.44. The van der Waals surface area contributed by atoms with Crippen molar-refractivity contribution in [2.45, 2.75) is 17.9 Å². The van der Waals surface area contributed by atoms with Crippen molar-refractivity contribution in [2.24, 2.45) is 0 Å². The lowest BCUT2D eigenvalue weighted by Gasteiger charge is -2.23. The molecule has 0 radical (unpaired) electrons. The van der Waals surface area contributed by atoms with Crippen LogP contribution in [0.1, 0.15) is 18.5 Å². The smallest absolute Gasteiger partial charge is 0.241 e. The molecular formula is C18H22Cl2N2O3S. The molecule has 8 heteroatoms. The summed E-state index contributed by atoms with van der Waals surface area (Å²) in [5, 5.41) is 0.807. The highest BCUT2D eigenvalue weighted by Crippen LogP contribution is 2.27. The van der Waals surface area contributed by atoms with Gasteiger partial charge in [0.05, 0.1) is 27.6 Å². The lowest BCUT2D eigenvalue weighted by atomic mass is 10.1. The predicted octanol–water partition coefficient (Wildman–Crippen LogP) is 3.97. The second-order valence-corrected chi connectivity index (χ2v) is 8.54. The Kier molecular flexibility index (Phi) is 7.32. The molecular weight excluding hydrogens is 395 g/mol. The van der Waals surface area contributed by atoms with Gasteiger partial charge in [-0.15, -0.1) is 0 Å². The first-order valence-electron chi connectivity index (χ1n) is 8.08. The molecule has 0 bridgehead atoms. The van der Waals surface area contributed by atoms with Crippen LogP contribution in [-0.2, 0) is 10.0 Å². The van der Waals surface area contributed by atoms with Crippen molar-refractivity contribution in [2.75, 3.05) is 27.2 Å². The van der Waals surface area contributed by atoms with E-state index < -0.39 is 16.1 Å². The van der Waals surface area contributed by atoms with Crippen LogP contribution in [0.2, 0.25) is 10.0 Å². The molecule has 0 aliphatic rings. The Morgan fingerprint density at radius 1 is 1.08 bits per heavy atom. The van der Waals surface area contributed by atoms with Crippen LogP contribution in [0.15, 0.2) is 47.4 Å². The molecule has 2 rings (SSSR count). The normalized spacial score (nSPS) is 13.0. The summed E-state index contributed by atoms with van der Waals surface area (Å²) in [4.78, 5) is 2.07. The van der Waals surface area contributed by atoms with Crippen molar-refractivity contribution in [3.05, 3.63) is 58.1 Å². The van der Waals surface area contributed by atoms with Crippen molar-refractivity contribution in [3.8, 4) is 5.75 Å². The van der Waals surface area contributed by atoms with Gasteiger partial charge in [-0.2, -0.15) is 0 Å². The summed E-state index contributed by atoms with van der Waals surface area (Å²) in [6.07, 6.45) is 0. The van der Waals surface area contributed by atoms with Gasteiger partial charge in [0.1, 0.15) is 5.75 Å². The van der Waals surface area contributed by atoms with Crippen LogP contribution in [0, 0.1) is 0 Å².